The summed E-state index contributed by atoms with van der Waals surface area (Å²) in [6.07, 6.45) is 1.73. The van der Waals surface area contributed by atoms with Gasteiger partial charge in [0.25, 0.3) is 0 Å². The summed E-state index contributed by atoms with van der Waals surface area (Å²) in [6, 6.07) is 8.12. The topological polar surface area (TPSA) is 55.1 Å². The lowest BCUT2D eigenvalue weighted by Gasteiger charge is -2.28. The van der Waals surface area contributed by atoms with Crippen LogP contribution in [0.4, 0.5) is 0 Å². The molecule has 1 amide bonds. The van der Waals surface area contributed by atoms with Gasteiger partial charge >= 0.3 is 0 Å². The number of hydrogen-bond donors (Lipinski definition) is 2. The number of benzene rings is 1. The average Bonchev–Trinajstić information content (AvgIpc) is 2.20. The molecule has 1 aromatic carbocycles. The number of fused-ring (bicyclic) bond motifs is 1. The second kappa shape index (κ2) is 4.45. The minimum atomic E-state index is 0.0685. The Hall–Kier alpha value is -1.35. The van der Waals surface area contributed by atoms with Gasteiger partial charge in [-0.25, -0.2) is 0 Å². The van der Waals surface area contributed by atoms with E-state index in [2.05, 4.69) is 11.4 Å². The van der Waals surface area contributed by atoms with Crippen LogP contribution in [-0.4, -0.2) is 19.0 Å². The molecule has 1 unspecified atom stereocenters. The Labute approximate surface area is 89.7 Å². The van der Waals surface area contributed by atoms with Crippen LogP contribution in [-0.2, 0) is 11.2 Å². The SMILES string of the molecule is NCCCNC(=O)C1Cc2ccccc21. The fourth-order valence-corrected chi connectivity index (χ4v) is 1.93. The van der Waals surface area contributed by atoms with Crippen LogP contribution in [0, 0.1) is 0 Å². The van der Waals surface area contributed by atoms with Crippen LogP contribution >= 0.6 is 0 Å². The third-order valence-electron chi connectivity index (χ3n) is 2.85. The standard InChI is InChI=1S/C12H16N2O/c13-6-3-7-14-12(15)11-8-9-4-1-2-5-10(9)11/h1-2,4-5,11H,3,6-8,13H2,(H,14,15). The largest absolute Gasteiger partial charge is 0.356 e. The minimum absolute atomic E-state index is 0.0685. The Morgan fingerprint density at radius 3 is 3.00 bits per heavy atom. The van der Waals surface area contributed by atoms with E-state index in [-0.39, 0.29) is 11.8 Å². The van der Waals surface area contributed by atoms with Crippen molar-refractivity contribution in [3.05, 3.63) is 35.4 Å². The first kappa shape index (κ1) is 10.2. The third kappa shape index (κ3) is 2.02. The fraction of sp³-hybridized carbons (Fsp3) is 0.417. The Bertz CT molecular complexity index is 362. The summed E-state index contributed by atoms with van der Waals surface area (Å²) in [6.45, 7) is 1.32. The molecule has 1 atom stereocenters. The molecule has 0 spiro atoms. The smallest absolute Gasteiger partial charge is 0.227 e. The van der Waals surface area contributed by atoms with E-state index in [4.69, 9.17) is 5.73 Å². The van der Waals surface area contributed by atoms with E-state index in [0.29, 0.717) is 13.1 Å². The van der Waals surface area contributed by atoms with Gasteiger partial charge in [0.1, 0.15) is 0 Å². The van der Waals surface area contributed by atoms with Gasteiger partial charge in [-0.3, -0.25) is 4.79 Å². The van der Waals surface area contributed by atoms with E-state index in [1.165, 1.54) is 11.1 Å². The van der Waals surface area contributed by atoms with Gasteiger partial charge in [0, 0.05) is 6.54 Å². The van der Waals surface area contributed by atoms with Gasteiger partial charge < -0.3 is 11.1 Å². The highest BCUT2D eigenvalue weighted by atomic mass is 16.1. The molecule has 3 N–H and O–H groups in total. The van der Waals surface area contributed by atoms with Crippen molar-refractivity contribution in [2.75, 3.05) is 13.1 Å². The molecule has 2 rings (SSSR count). The summed E-state index contributed by atoms with van der Waals surface area (Å²) in [5.41, 5.74) is 7.85. The molecular formula is C12H16N2O. The Kier molecular flexibility index (Phi) is 3.02. The highest BCUT2D eigenvalue weighted by Crippen LogP contribution is 2.34. The van der Waals surface area contributed by atoms with Crippen molar-refractivity contribution in [1.82, 2.24) is 5.32 Å². The van der Waals surface area contributed by atoms with Gasteiger partial charge in [0.2, 0.25) is 5.91 Å². The summed E-state index contributed by atoms with van der Waals surface area (Å²) >= 11 is 0. The predicted octanol–water partition coefficient (Wildman–Crippen LogP) is 0.791. The van der Waals surface area contributed by atoms with Crippen LogP contribution < -0.4 is 11.1 Å². The van der Waals surface area contributed by atoms with Crippen molar-refractivity contribution < 1.29 is 4.79 Å². The lowest BCUT2D eigenvalue weighted by molar-refractivity contribution is -0.123. The summed E-state index contributed by atoms with van der Waals surface area (Å²) in [4.78, 5) is 11.7. The number of carbonyl (C=O) groups excluding carboxylic acids is 1. The van der Waals surface area contributed by atoms with Crippen molar-refractivity contribution in [3.63, 3.8) is 0 Å². The molecule has 0 aromatic heterocycles. The van der Waals surface area contributed by atoms with E-state index >= 15 is 0 Å². The number of amides is 1. The molecule has 1 aliphatic rings. The summed E-state index contributed by atoms with van der Waals surface area (Å²) in [5.74, 6) is 0.209. The minimum Gasteiger partial charge on any atom is -0.356 e. The zero-order chi connectivity index (χ0) is 10.7. The van der Waals surface area contributed by atoms with Crippen LogP contribution in [0.1, 0.15) is 23.5 Å². The molecule has 0 saturated carbocycles. The normalized spacial score (nSPS) is 17.8. The van der Waals surface area contributed by atoms with Crippen molar-refractivity contribution in [1.29, 1.82) is 0 Å². The lowest BCUT2D eigenvalue weighted by atomic mass is 9.77. The van der Waals surface area contributed by atoms with E-state index < -0.39 is 0 Å². The zero-order valence-electron chi connectivity index (χ0n) is 8.70. The molecule has 0 heterocycles. The average molecular weight is 204 g/mol. The molecule has 0 aliphatic heterocycles. The van der Waals surface area contributed by atoms with Gasteiger partial charge in [-0.2, -0.15) is 0 Å². The van der Waals surface area contributed by atoms with Gasteiger partial charge in [-0.1, -0.05) is 24.3 Å². The first-order chi connectivity index (χ1) is 7.33. The van der Waals surface area contributed by atoms with Gasteiger partial charge in [-0.15, -0.1) is 0 Å². The summed E-state index contributed by atoms with van der Waals surface area (Å²) < 4.78 is 0. The maximum Gasteiger partial charge on any atom is 0.227 e. The molecule has 80 valence electrons. The first-order valence-electron chi connectivity index (χ1n) is 5.38. The maximum atomic E-state index is 11.7. The molecule has 3 nitrogen and oxygen atoms in total. The molecule has 1 aromatic rings. The number of carbonyl (C=O) groups is 1. The Morgan fingerprint density at radius 2 is 2.27 bits per heavy atom. The first-order valence-corrected chi connectivity index (χ1v) is 5.38. The Balaban J connectivity index is 1.90. The highest BCUT2D eigenvalue weighted by molar-refractivity contribution is 5.86. The summed E-state index contributed by atoms with van der Waals surface area (Å²) in [5, 5.41) is 2.91. The molecule has 1 aliphatic carbocycles. The quantitative estimate of drug-likeness (QED) is 0.712. The second-order valence-electron chi connectivity index (χ2n) is 3.89. The van der Waals surface area contributed by atoms with Crippen LogP contribution in [0.15, 0.2) is 24.3 Å². The second-order valence-corrected chi connectivity index (χ2v) is 3.89. The van der Waals surface area contributed by atoms with Crippen molar-refractivity contribution in [3.8, 4) is 0 Å². The van der Waals surface area contributed by atoms with Crippen molar-refractivity contribution in [2.24, 2.45) is 5.73 Å². The molecule has 3 heteroatoms. The van der Waals surface area contributed by atoms with Gasteiger partial charge in [0.15, 0.2) is 0 Å². The van der Waals surface area contributed by atoms with Crippen molar-refractivity contribution in [2.45, 2.75) is 18.8 Å². The molecule has 15 heavy (non-hydrogen) atoms. The van der Waals surface area contributed by atoms with E-state index in [1.807, 2.05) is 18.2 Å². The monoisotopic (exact) mass is 204 g/mol. The van der Waals surface area contributed by atoms with E-state index in [0.717, 1.165) is 12.8 Å². The molecular weight excluding hydrogens is 188 g/mol. The number of rotatable bonds is 4. The Morgan fingerprint density at radius 1 is 1.47 bits per heavy atom. The van der Waals surface area contributed by atoms with Gasteiger partial charge in [-0.05, 0) is 30.5 Å². The molecule has 0 fully saturated rings. The fourth-order valence-electron chi connectivity index (χ4n) is 1.93. The lowest BCUT2D eigenvalue weighted by Crippen LogP contribution is -2.36. The molecule has 0 radical (unpaired) electrons. The van der Waals surface area contributed by atoms with Crippen molar-refractivity contribution >= 4 is 5.91 Å². The zero-order valence-corrected chi connectivity index (χ0v) is 8.70. The van der Waals surface area contributed by atoms with Crippen LogP contribution in [0.3, 0.4) is 0 Å². The highest BCUT2D eigenvalue weighted by Gasteiger charge is 2.31. The van der Waals surface area contributed by atoms with E-state index in [1.54, 1.807) is 0 Å². The van der Waals surface area contributed by atoms with Crippen LogP contribution in [0.25, 0.3) is 0 Å². The van der Waals surface area contributed by atoms with Crippen LogP contribution in [0.2, 0.25) is 0 Å². The van der Waals surface area contributed by atoms with E-state index in [9.17, 15) is 4.79 Å². The van der Waals surface area contributed by atoms with Crippen LogP contribution in [0.5, 0.6) is 0 Å². The number of nitrogens with one attached hydrogen (secondary N) is 1. The number of hydrogen-bond acceptors (Lipinski definition) is 2. The van der Waals surface area contributed by atoms with Gasteiger partial charge in [0.05, 0.1) is 5.92 Å². The number of nitrogens with two attached hydrogens (primary N) is 1. The third-order valence-corrected chi connectivity index (χ3v) is 2.85. The molecule has 0 bridgehead atoms. The summed E-state index contributed by atoms with van der Waals surface area (Å²) in [7, 11) is 0. The maximum absolute atomic E-state index is 11.7. The predicted molar refractivity (Wildman–Crippen MR) is 59.6 cm³/mol. The molecule has 0 saturated heterocycles.